The van der Waals surface area contributed by atoms with Gasteiger partial charge < -0.3 is 10.4 Å². The number of unbranched alkanes of at least 4 members (excludes halogenated alkanes) is 1. The van der Waals surface area contributed by atoms with Gasteiger partial charge in [0.1, 0.15) is 5.75 Å². The first-order chi connectivity index (χ1) is 10.3. The number of rotatable bonds is 8. The molecule has 2 rings (SSSR count). The quantitative estimate of drug-likeness (QED) is 0.733. The van der Waals surface area contributed by atoms with Crippen LogP contribution in [0.5, 0.6) is 5.75 Å². The number of thiophene rings is 1. The largest absolute Gasteiger partial charge is 0.508 e. The number of nitrogens with one attached hydrogen (secondary N) is 1. The van der Waals surface area contributed by atoms with E-state index >= 15 is 0 Å². The van der Waals surface area contributed by atoms with Gasteiger partial charge in [0.15, 0.2) is 0 Å². The third kappa shape index (κ3) is 5.60. The molecule has 1 aromatic heterocycles. The van der Waals surface area contributed by atoms with E-state index in [-0.39, 0.29) is 5.91 Å². The second kappa shape index (κ2) is 8.47. The molecule has 21 heavy (non-hydrogen) atoms. The second-order valence-corrected chi connectivity index (χ2v) is 6.05. The molecule has 1 aromatic carbocycles. The molecule has 3 nitrogen and oxygen atoms in total. The lowest BCUT2D eigenvalue weighted by Crippen LogP contribution is -2.25. The minimum atomic E-state index is 0.0941. The molecule has 4 heteroatoms. The van der Waals surface area contributed by atoms with Crippen molar-refractivity contribution in [1.29, 1.82) is 0 Å². The van der Waals surface area contributed by atoms with Crippen LogP contribution < -0.4 is 5.32 Å². The summed E-state index contributed by atoms with van der Waals surface area (Å²) in [4.78, 5) is 13.1. The summed E-state index contributed by atoms with van der Waals surface area (Å²) in [5.74, 6) is 0.388. The van der Waals surface area contributed by atoms with E-state index in [1.165, 1.54) is 4.88 Å². The lowest BCUT2D eigenvalue weighted by molar-refractivity contribution is -0.121. The molecule has 2 N–H and O–H groups in total. The highest BCUT2D eigenvalue weighted by Gasteiger charge is 2.03. The summed E-state index contributed by atoms with van der Waals surface area (Å²) in [5, 5.41) is 14.6. The van der Waals surface area contributed by atoms with Crippen molar-refractivity contribution in [1.82, 2.24) is 5.32 Å². The predicted octanol–water partition coefficient (Wildman–Crippen LogP) is 3.53. The Labute approximate surface area is 129 Å². The van der Waals surface area contributed by atoms with Crippen LogP contribution >= 0.6 is 11.3 Å². The molecule has 0 aliphatic heterocycles. The van der Waals surface area contributed by atoms with Crippen molar-refractivity contribution < 1.29 is 9.90 Å². The first-order valence-corrected chi connectivity index (χ1v) is 8.19. The van der Waals surface area contributed by atoms with Crippen LogP contribution in [0.2, 0.25) is 0 Å². The number of hydrogen-bond donors (Lipinski definition) is 2. The molecule has 0 bridgehead atoms. The molecule has 2 aromatic rings. The first-order valence-electron chi connectivity index (χ1n) is 7.31. The number of para-hydroxylation sites is 1. The van der Waals surface area contributed by atoms with Crippen LogP contribution in [-0.4, -0.2) is 17.6 Å². The summed E-state index contributed by atoms with van der Waals surface area (Å²) in [7, 11) is 0. The zero-order valence-corrected chi connectivity index (χ0v) is 12.9. The van der Waals surface area contributed by atoms with Crippen molar-refractivity contribution in [3.63, 3.8) is 0 Å². The van der Waals surface area contributed by atoms with Gasteiger partial charge >= 0.3 is 0 Å². The maximum atomic E-state index is 11.7. The van der Waals surface area contributed by atoms with Gasteiger partial charge in [-0.2, -0.15) is 0 Å². The van der Waals surface area contributed by atoms with Crippen LogP contribution in [0.15, 0.2) is 41.8 Å². The monoisotopic (exact) mass is 303 g/mol. The number of aryl methyl sites for hydroxylation is 1. The highest BCUT2D eigenvalue weighted by atomic mass is 32.1. The average molecular weight is 303 g/mol. The summed E-state index contributed by atoms with van der Waals surface area (Å²) >= 11 is 1.77. The number of carbonyl (C=O) groups excluding carboxylic acids is 1. The Bertz CT molecular complexity index is 552. The summed E-state index contributed by atoms with van der Waals surface area (Å²) in [5.41, 5.74) is 0.871. The van der Waals surface area contributed by atoms with Gasteiger partial charge in [-0.25, -0.2) is 0 Å². The topological polar surface area (TPSA) is 49.3 Å². The molecule has 0 saturated carbocycles. The van der Waals surface area contributed by atoms with Crippen molar-refractivity contribution in [2.75, 3.05) is 6.54 Å². The molecular weight excluding hydrogens is 282 g/mol. The van der Waals surface area contributed by atoms with Crippen molar-refractivity contribution in [2.24, 2.45) is 0 Å². The average Bonchev–Trinajstić information content (AvgIpc) is 2.99. The van der Waals surface area contributed by atoms with Gasteiger partial charge in [0.2, 0.25) is 5.91 Å². The molecule has 0 aliphatic rings. The van der Waals surface area contributed by atoms with Gasteiger partial charge in [-0.05, 0) is 48.8 Å². The van der Waals surface area contributed by atoms with E-state index in [1.54, 1.807) is 23.5 Å². The van der Waals surface area contributed by atoms with Crippen LogP contribution in [0, 0.1) is 0 Å². The highest BCUT2D eigenvalue weighted by molar-refractivity contribution is 7.09. The molecule has 0 radical (unpaired) electrons. The maximum absolute atomic E-state index is 11.7. The SMILES string of the molecule is O=C(CCCCc1cccs1)NCCc1ccccc1O. The van der Waals surface area contributed by atoms with Gasteiger partial charge in [0, 0.05) is 17.8 Å². The number of carbonyl (C=O) groups is 1. The van der Waals surface area contributed by atoms with E-state index in [4.69, 9.17) is 0 Å². The van der Waals surface area contributed by atoms with E-state index in [9.17, 15) is 9.90 Å². The van der Waals surface area contributed by atoms with Gasteiger partial charge in [-0.3, -0.25) is 4.79 Å². The lowest BCUT2D eigenvalue weighted by atomic mass is 10.1. The Balaban J connectivity index is 1.56. The van der Waals surface area contributed by atoms with E-state index in [0.29, 0.717) is 25.1 Å². The first kappa shape index (κ1) is 15.6. The number of hydrogen-bond acceptors (Lipinski definition) is 3. The molecule has 0 aliphatic carbocycles. The van der Waals surface area contributed by atoms with Crippen molar-refractivity contribution in [2.45, 2.75) is 32.1 Å². The van der Waals surface area contributed by atoms with Crippen LogP contribution in [-0.2, 0) is 17.6 Å². The highest BCUT2D eigenvalue weighted by Crippen LogP contribution is 2.15. The van der Waals surface area contributed by atoms with E-state index in [1.807, 2.05) is 12.1 Å². The fourth-order valence-electron chi connectivity index (χ4n) is 2.19. The smallest absolute Gasteiger partial charge is 0.220 e. The Kier molecular flexibility index (Phi) is 6.28. The number of amides is 1. The second-order valence-electron chi connectivity index (χ2n) is 5.02. The van der Waals surface area contributed by atoms with Gasteiger partial charge in [0.05, 0.1) is 0 Å². The Hall–Kier alpha value is -1.81. The van der Waals surface area contributed by atoms with Gasteiger partial charge in [-0.15, -0.1) is 11.3 Å². The summed E-state index contributed by atoms with van der Waals surface area (Å²) in [6, 6.07) is 11.4. The minimum absolute atomic E-state index is 0.0941. The van der Waals surface area contributed by atoms with Gasteiger partial charge in [0.25, 0.3) is 0 Å². The van der Waals surface area contributed by atoms with Crippen LogP contribution in [0.25, 0.3) is 0 Å². The summed E-state index contributed by atoms with van der Waals surface area (Å²) in [6.07, 6.45) is 4.26. The molecule has 0 atom stereocenters. The maximum Gasteiger partial charge on any atom is 0.220 e. The molecule has 0 spiro atoms. The van der Waals surface area contributed by atoms with E-state index in [2.05, 4.69) is 22.8 Å². The third-order valence-electron chi connectivity index (χ3n) is 3.37. The Morgan fingerprint density at radius 3 is 2.71 bits per heavy atom. The van der Waals surface area contributed by atoms with Crippen molar-refractivity contribution in [3.05, 3.63) is 52.2 Å². The molecule has 0 unspecified atom stereocenters. The number of phenols is 1. The fourth-order valence-corrected chi connectivity index (χ4v) is 2.94. The molecular formula is C17H21NO2S. The summed E-state index contributed by atoms with van der Waals surface area (Å²) in [6.45, 7) is 0.571. The fraction of sp³-hybridized carbons (Fsp3) is 0.353. The zero-order valence-electron chi connectivity index (χ0n) is 12.0. The van der Waals surface area contributed by atoms with Crippen LogP contribution in [0.3, 0.4) is 0 Å². The third-order valence-corrected chi connectivity index (χ3v) is 4.30. The van der Waals surface area contributed by atoms with Gasteiger partial charge in [-0.1, -0.05) is 24.3 Å². The van der Waals surface area contributed by atoms with Crippen LogP contribution in [0.4, 0.5) is 0 Å². The van der Waals surface area contributed by atoms with Crippen molar-refractivity contribution in [3.8, 4) is 5.75 Å². The number of aromatic hydroxyl groups is 1. The molecule has 0 fully saturated rings. The van der Waals surface area contributed by atoms with E-state index < -0.39 is 0 Å². The minimum Gasteiger partial charge on any atom is -0.508 e. The molecule has 112 valence electrons. The Morgan fingerprint density at radius 2 is 1.95 bits per heavy atom. The number of benzene rings is 1. The molecule has 1 heterocycles. The van der Waals surface area contributed by atoms with Crippen LogP contribution in [0.1, 0.15) is 29.7 Å². The Morgan fingerprint density at radius 1 is 1.10 bits per heavy atom. The van der Waals surface area contributed by atoms with E-state index in [0.717, 1.165) is 24.8 Å². The predicted molar refractivity (Wildman–Crippen MR) is 86.7 cm³/mol. The molecule has 0 saturated heterocycles. The summed E-state index contributed by atoms with van der Waals surface area (Å²) < 4.78 is 0. The normalized spacial score (nSPS) is 10.5. The molecule has 1 amide bonds. The lowest BCUT2D eigenvalue weighted by Gasteiger charge is -2.06. The van der Waals surface area contributed by atoms with Crippen molar-refractivity contribution >= 4 is 17.2 Å². The number of phenolic OH excluding ortho intramolecular Hbond substituents is 1. The zero-order chi connectivity index (χ0) is 14.9. The standard InChI is InChI=1S/C17H21NO2S/c19-16-9-3-1-6-14(16)11-12-18-17(20)10-4-2-7-15-8-5-13-21-15/h1,3,5-6,8-9,13,19H,2,4,7,10-12H2,(H,18,20).